The third-order valence-electron chi connectivity index (χ3n) is 3.02. The van der Waals surface area contributed by atoms with Crippen molar-refractivity contribution in [3.63, 3.8) is 0 Å². The van der Waals surface area contributed by atoms with E-state index in [0.29, 0.717) is 0 Å². The maximum Gasteiger partial charge on any atom is 0.137 e. The van der Waals surface area contributed by atoms with Crippen LogP contribution in [0.5, 0.6) is 0 Å². The standard InChI is InChI=1S/C13H15N3/c1-9-8-15-13(16-9)11-4-5-12-10(7-11)3-2-6-14-12/h4-5,7-8,14H,2-3,6H2,1H3,(H,15,16). The van der Waals surface area contributed by atoms with Gasteiger partial charge in [0, 0.05) is 29.7 Å². The molecule has 82 valence electrons. The summed E-state index contributed by atoms with van der Waals surface area (Å²) >= 11 is 0. The molecule has 1 aromatic heterocycles. The van der Waals surface area contributed by atoms with Crippen molar-refractivity contribution >= 4 is 5.69 Å². The molecule has 0 saturated carbocycles. The highest BCUT2D eigenvalue weighted by Gasteiger charge is 2.10. The van der Waals surface area contributed by atoms with Crippen molar-refractivity contribution < 1.29 is 0 Å². The van der Waals surface area contributed by atoms with Crippen LogP contribution in [0.3, 0.4) is 0 Å². The quantitative estimate of drug-likeness (QED) is 0.764. The van der Waals surface area contributed by atoms with Crippen molar-refractivity contribution in [3.8, 4) is 11.4 Å². The second kappa shape index (κ2) is 3.67. The Bertz CT molecular complexity index is 514. The van der Waals surface area contributed by atoms with Gasteiger partial charge < -0.3 is 10.3 Å². The monoisotopic (exact) mass is 213 g/mol. The Morgan fingerprint density at radius 3 is 3.06 bits per heavy atom. The third kappa shape index (κ3) is 1.58. The number of nitrogens with zero attached hydrogens (tertiary/aromatic N) is 1. The van der Waals surface area contributed by atoms with Crippen LogP contribution in [0.4, 0.5) is 5.69 Å². The maximum absolute atomic E-state index is 4.36. The molecule has 1 aliphatic rings. The molecule has 1 aromatic carbocycles. The van der Waals surface area contributed by atoms with Crippen molar-refractivity contribution in [1.82, 2.24) is 9.97 Å². The zero-order chi connectivity index (χ0) is 11.0. The van der Waals surface area contributed by atoms with E-state index in [4.69, 9.17) is 0 Å². The number of rotatable bonds is 1. The summed E-state index contributed by atoms with van der Waals surface area (Å²) in [6, 6.07) is 6.51. The van der Waals surface area contributed by atoms with Crippen LogP contribution in [0.2, 0.25) is 0 Å². The zero-order valence-electron chi connectivity index (χ0n) is 9.38. The maximum atomic E-state index is 4.36. The topological polar surface area (TPSA) is 40.7 Å². The number of aromatic amines is 1. The SMILES string of the molecule is Cc1cnc(-c2ccc3c(c2)CCCN3)[nH]1. The molecule has 2 aromatic rings. The van der Waals surface area contributed by atoms with Crippen molar-refractivity contribution in [2.45, 2.75) is 19.8 Å². The molecule has 3 nitrogen and oxygen atoms in total. The molecule has 2 heterocycles. The molecular weight excluding hydrogens is 198 g/mol. The number of imidazole rings is 1. The van der Waals surface area contributed by atoms with E-state index >= 15 is 0 Å². The van der Waals surface area contributed by atoms with Gasteiger partial charge in [0.25, 0.3) is 0 Å². The van der Waals surface area contributed by atoms with Crippen LogP contribution in [-0.2, 0) is 6.42 Å². The van der Waals surface area contributed by atoms with Crippen LogP contribution in [-0.4, -0.2) is 16.5 Å². The van der Waals surface area contributed by atoms with E-state index in [1.165, 1.54) is 23.2 Å². The molecule has 0 amide bonds. The average molecular weight is 213 g/mol. The molecule has 0 fully saturated rings. The summed E-state index contributed by atoms with van der Waals surface area (Å²) < 4.78 is 0. The number of hydrogen-bond donors (Lipinski definition) is 2. The summed E-state index contributed by atoms with van der Waals surface area (Å²) in [7, 11) is 0. The molecular formula is C13H15N3. The van der Waals surface area contributed by atoms with Gasteiger partial charge in [-0.25, -0.2) is 4.98 Å². The van der Waals surface area contributed by atoms with Gasteiger partial charge in [-0.3, -0.25) is 0 Å². The van der Waals surface area contributed by atoms with Crippen LogP contribution in [0.15, 0.2) is 24.4 Å². The van der Waals surface area contributed by atoms with E-state index in [2.05, 4.69) is 33.5 Å². The Morgan fingerprint density at radius 1 is 1.31 bits per heavy atom. The summed E-state index contributed by atoms with van der Waals surface area (Å²) in [6.07, 6.45) is 4.25. The minimum Gasteiger partial charge on any atom is -0.385 e. The van der Waals surface area contributed by atoms with Crippen LogP contribution in [0.25, 0.3) is 11.4 Å². The first kappa shape index (κ1) is 9.46. The minimum absolute atomic E-state index is 0.964. The highest BCUT2D eigenvalue weighted by atomic mass is 14.9. The van der Waals surface area contributed by atoms with Crippen LogP contribution in [0, 0.1) is 6.92 Å². The molecule has 0 unspecified atom stereocenters. The number of aromatic nitrogens is 2. The summed E-state index contributed by atoms with van der Waals surface area (Å²) in [5.74, 6) is 0.964. The molecule has 0 radical (unpaired) electrons. The van der Waals surface area contributed by atoms with Crippen molar-refractivity contribution in [2.75, 3.05) is 11.9 Å². The van der Waals surface area contributed by atoms with E-state index in [-0.39, 0.29) is 0 Å². The van der Waals surface area contributed by atoms with E-state index in [9.17, 15) is 0 Å². The fraction of sp³-hybridized carbons (Fsp3) is 0.308. The Morgan fingerprint density at radius 2 is 2.25 bits per heavy atom. The number of benzene rings is 1. The lowest BCUT2D eigenvalue weighted by Gasteiger charge is -2.18. The zero-order valence-corrected chi connectivity index (χ0v) is 9.38. The van der Waals surface area contributed by atoms with Gasteiger partial charge in [-0.2, -0.15) is 0 Å². The van der Waals surface area contributed by atoms with Crippen LogP contribution in [0.1, 0.15) is 17.7 Å². The van der Waals surface area contributed by atoms with E-state index in [1.54, 1.807) is 0 Å². The smallest absolute Gasteiger partial charge is 0.137 e. The average Bonchev–Trinajstić information content (AvgIpc) is 2.75. The number of anilines is 1. The van der Waals surface area contributed by atoms with Gasteiger partial charge in [0.2, 0.25) is 0 Å². The first-order valence-electron chi connectivity index (χ1n) is 5.72. The molecule has 3 rings (SSSR count). The predicted molar refractivity (Wildman–Crippen MR) is 65.6 cm³/mol. The molecule has 0 aliphatic carbocycles. The first-order chi connectivity index (χ1) is 7.83. The summed E-state index contributed by atoms with van der Waals surface area (Å²) in [5.41, 5.74) is 4.96. The Balaban J connectivity index is 2.02. The van der Waals surface area contributed by atoms with E-state index in [0.717, 1.165) is 24.5 Å². The van der Waals surface area contributed by atoms with Gasteiger partial charge in [-0.05, 0) is 43.5 Å². The summed E-state index contributed by atoms with van der Waals surface area (Å²) in [4.78, 5) is 7.63. The van der Waals surface area contributed by atoms with Crippen molar-refractivity contribution in [3.05, 3.63) is 35.7 Å². The lowest BCUT2D eigenvalue weighted by molar-refractivity contribution is 0.830. The molecule has 0 saturated heterocycles. The van der Waals surface area contributed by atoms with Crippen molar-refractivity contribution in [1.29, 1.82) is 0 Å². The highest BCUT2D eigenvalue weighted by Crippen LogP contribution is 2.26. The number of H-pyrrole nitrogens is 1. The largest absolute Gasteiger partial charge is 0.385 e. The van der Waals surface area contributed by atoms with Gasteiger partial charge >= 0.3 is 0 Å². The van der Waals surface area contributed by atoms with Crippen LogP contribution >= 0.6 is 0 Å². The van der Waals surface area contributed by atoms with E-state index in [1.807, 2.05) is 13.1 Å². The van der Waals surface area contributed by atoms with Gasteiger partial charge in [0.1, 0.15) is 5.82 Å². The molecule has 1 aliphatic heterocycles. The Labute approximate surface area is 94.9 Å². The molecule has 0 atom stereocenters. The number of aryl methyl sites for hydroxylation is 2. The second-order valence-electron chi connectivity index (χ2n) is 4.32. The molecule has 0 spiro atoms. The number of hydrogen-bond acceptors (Lipinski definition) is 2. The van der Waals surface area contributed by atoms with Gasteiger partial charge in [-0.1, -0.05) is 0 Å². The van der Waals surface area contributed by atoms with Gasteiger partial charge in [0.05, 0.1) is 0 Å². The lowest BCUT2D eigenvalue weighted by atomic mass is 10.0. The molecule has 0 bridgehead atoms. The molecule has 2 N–H and O–H groups in total. The molecule has 16 heavy (non-hydrogen) atoms. The molecule has 3 heteroatoms. The second-order valence-corrected chi connectivity index (χ2v) is 4.32. The van der Waals surface area contributed by atoms with Crippen LogP contribution < -0.4 is 5.32 Å². The van der Waals surface area contributed by atoms with Gasteiger partial charge in [-0.15, -0.1) is 0 Å². The fourth-order valence-corrected chi connectivity index (χ4v) is 2.18. The minimum atomic E-state index is 0.964. The summed E-state index contributed by atoms with van der Waals surface area (Å²) in [6.45, 7) is 3.11. The van der Waals surface area contributed by atoms with E-state index < -0.39 is 0 Å². The predicted octanol–water partition coefficient (Wildman–Crippen LogP) is 2.74. The van der Waals surface area contributed by atoms with Crippen molar-refractivity contribution in [2.24, 2.45) is 0 Å². The Hall–Kier alpha value is -1.77. The van der Waals surface area contributed by atoms with Gasteiger partial charge in [0.15, 0.2) is 0 Å². The number of nitrogens with one attached hydrogen (secondary N) is 2. The highest BCUT2D eigenvalue weighted by molar-refractivity contribution is 5.64. The third-order valence-corrected chi connectivity index (χ3v) is 3.02. The summed E-state index contributed by atoms with van der Waals surface area (Å²) in [5, 5.41) is 3.42. The number of fused-ring (bicyclic) bond motifs is 1. The first-order valence-corrected chi connectivity index (χ1v) is 5.72. The normalized spacial score (nSPS) is 14.3. The fourth-order valence-electron chi connectivity index (χ4n) is 2.18. The Kier molecular flexibility index (Phi) is 2.17. The lowest BCUT2D eigenvalue weighted by Crippen LogP contribution is -2.11.